The molecule has 1 nitrogen and oxygen atoms in total. The number of nitriles is 1. The van der Waals surface area contributed by atoms with E-state index in [0.29, 0.717) is 49.0 Å². The third-order valence-corrected chi connectivity index (χ3v) is 0. The van der Waals surface area contributed by atoms with Crippen LogP contribution in [0.1, 0.15) is 0 Å². The molecule has 0 saturated heterocycles. The summed E-state index contributed by atoms with van der Waals surface area (Å²) in [6.45, 7) is 0. The first-order valence-corrected chi connectivity index (χ1v) is 2.29. The van der Waals surface area contributed by atoms with Gasteiger partial charge in [-0.3, -0.25) is 0 Å². The quantitative estimate of drug-likeness (QED) is 0.390. The Labute approximate surface area is 69.8 Å². The second kappa shape index (κ2) is 8.82. The molecule has 0 aliphatic carbocycles. The maximum atomic E-state index is 7.40. The molecule has 0 aliphatic heterocycles. The molecule has 0 aromatic rings. The van der Waals surface area contributed by atoms with Crippen LogP contribution in [0.25, 0.3) is 0 Å². The van der Waals surface area contributed by atoms with E-state index < -0.39 is 0 Å². The minimum atomic E-state index is 0. The molecule has 0 fully saturated rings. The fourth-order valence-corrected chi connectivity index (χ4v) is 0. The van der Waals surface area contributed by atoms with Crippen molar-refractivity contribution in [2.75, 3.05) is 0 Å². The van der Waals surface area contributed by atoms with Gasteiger partial charge in [-0.1, -0.05) is 0 Å². The molecular formula is CH2KNSe. The summed E-state index contributed by atoms with van der Waals surface area (Å²) in [6.07, 6.45) is 0. The van der Waals surface area contributed by atoms with Crippen LogP contribution < -0.4 is 0 Å². The van der Waals surface area contributed by atoms with Gasteiger partial charge in [-0.05, 0) is 0 Å². The number of hydrogen-bond acceptors (Lipinski definition) is 1. The summed E-state index contributed by atoms with van der Waals surface area (Å²) >= 11 is 0.410. The normalized spacial score (nSPS) is 2.25. The van der Waals surface area contributed by atoms with Crippen LogP contribution >= 0.6 is 0 Å². The number of nitrogens with zero attached hydrogens (tertiary/aromatic N) is 1. The van der Waals surface area contributed by atoms with E-state index in [2.05, 4.69) is 0 Å². The van der Waals surface area contributed by atoms with Crippen molar-refractivity contribution in [1.29, 1.82) is 5.26 Å². The average molecular weight is 146 g/mol. The van der Waals surface area contributed by atoms with Gasteiger partial charge in [0.1, 0.15) is 0 Å². The first-order chi connectivity index (χ1) is 1.41. The van der Waals surface area contributed by atoms with Crippen LogP contribution in [-0.4, -0.2) is 66.0 Å². The van der Waals surface area contributed by atoms with Crippen molar-refractivity contribution >= 4 is 66.0 Å². The molecule has 18 valence electrons. The number of hydrogen-bond donors (Lipinski definition) is 0. The molecule has 0 atom stereocenters. The van der Waals surface area contributed by atoms with E-state index in [4.69, 9.17) is 5.26 Å². The van der Waals surface area contributed by atoms with Crippen LogP contribution in [0, 0.1) is 5.43 Å². The molecule has 0 spiro atoms. The second-order valence-corrected chi connectivity index (χ2v) is 0.922. The molecule has 0 aliphatic rings. The van der Waals surface area contributed by atoms with Gasteiger partial charge in [0.05, 0.1) is 0 Å². The van der Waals surface area contributed by atoms with Crippen molar-refractivity contribution in [2.45, 2.75) is 0 Å². The fraction of sp³-hybridized carbons (Fsp3) is 0. The van der Waals surface area contributed by atoms with Crippen LogP contribution in [-0.2, 0) is 0 Å². The third kappa shape index (κ3) is 9.42. The van der Waals surface area contributed by atoms with E-state index in [1.54, 1.807) is 0 Å². The molecular weight excluding hydrogens is 144 g/mol. The summed E-state index contributed by atoms with van der Waals surface area (Å²) in [4.78, 5) is 0. The van der Waals surface area contributed by atoms with Gasteiger partial charge in [-0.15, -0.1) is 0 Å². The van der Waals surface area contributed by atoms with Crippen molar-refractivity contribution in [1.82, 2.24) is 0 Å². The first-order valence-electron chi connectivity index (χ1n) is 0.724. The molecule has 0 aromatic heterocycles. The standard InChI is InChI=1S/CN.K.H2Se/c1-2;;/h;;1H2. The molecule has 0 heterocycles. The molecule has 0 radical (unpaired) electrons. The van der Waals surface area contributed by atoms with E-state index in [1.807, 2.05) is 0.164 Å². The molecule has 0 rings (SSSR count). The van der Waals surface area contributed by atoms with Crippen LogP contribution in [0.3, 0.4) is 0 Å². The summed E-state index contributed by atoms with van der Waals surface area (Å²) in [5, 5.41) is 7.40. The number of rotatable bonds is 0. The van der Waals surface area contributed by atoms with Gasteiger partial charge in [0.2, 0.25) is 0 Å². The van der Waals surface area contributed by atoms with E-state index in [-0.39, 0.29) is 17.1 Å². The summed E-state index contributed by atoms with van der Waals surface area (Å²) in [7, 11) is 0. The SMILES string of the molecule is N#[C][K].[SeH2]. The molecule has 3 heteroatoms. The Kier molecular flexibility index (Phi) is 20.2. The zero-order chi connectivity index (χ0) is 2.71. The van der Waals surface area contributed by atoms with E-state index in [1.165, 1.54) is 0 Å². The third-order valence-electron chi connectivity index (χ3n) is 0. The van der Waals surface area contributed by atoms with Crippen LogP contribution in [0.5, 0.6) is 0 Å². The minimum absolute atomic E-state index is 0. The monoisotopic (exact) mass is 147 g/mol. The topological polar surface area (TPSA) is 23.8 Å². The van der Waals surface area contributed by atoms with Crippen molar-refractivity contribution in [3.05, 3.63) is 0 Å². The Morgan fingerprint density at radius 1 is 1.75 bits per heavy atom. The first kappa shape index (κ1) is 9.17. The van der Waals surface area contributed by atoms with Crippen LogP contribution in [0.4, 0.5) is 0 Å². The summed E-state index contributed by atoms with van der Waals surface area (Å²) < 4.78 is 1.94. The van der Waals surface area contributed by atoms with Gasteiger partial charge in [0.25, 0.3) is 0 Å². The molecule has 0 unspecified atom stereocenters. The van der Waals surface area contributed by atoms with Gasteiger partial charge < -0.3 is 0 Å². The zero-order valence-electron chi connectivity index (χ0n) is 2.45. The molecule has 0 saturated carbocycles. The molecule has 0 amide bonds. The van der Waals surface area contributed by atoms with E-state index in [0.717, 1.165) is 0 Å². The Balaban J connectivity index is 0. The van der Waals surface area contributed by atoms with E-state index >= 15 is 0 Å². The Morgan fingerprint density at radius 2 is 1.75 bits per heavy atom. The summed E-state index contributed by atoms with van der Waals surface area (Å²) in [6, 6.07) is 0. The van der Waals surface area contributed by atoms with Crippen molar-refractivity contribution in [2.24, 2.45) is 0 Å². The molecule has 4 heavy (non-hydrogen) atoms. The van der Waals surface area contributed by atoms with Crippen LogP contribution in [0.2, 0.25) is 0 Å². The second-order valence-electron chi connectivity index (χ2n) is 0.224. The van der Waals surface area contributed by atoms with Crippen molar-refractivity contribution < 1.29 is 0 Å². The summed E-state index contributed by atoms with van der Waals surface area (Å²) in [5.74, 6) is 0. The van der Waals surface area contributed by atoms with Gasteiger partial charge in [0, 0.05) is 0 Å². The van der Waals surface area contributed by atoms with Gasteiger partial charge in [-0.2, -0.15) is 0 Å². The predicted octanol–water partition coefficient (Wildman–Crippen LogP) is -1.28. The van der Waals surface area contributed by atoms with Gasteiger partial charge >= 0.3 is 71.4 Å². The van der Waals surface area contributed by atoms with Gasteiger partial charge in [0.15, 0.2) is 0 Å². The fourth-order valence-electron chi connectivity index (χ4n) is 0. The Hall–Kier alpha value is 1.65. The van der Waals surface area contributed by atoms with E-state index in [9.17, 15) is 0 Å². The van der Waals surface area contributed by atoms with Crippen LogP contribution in [0.15, 0.2) is 0 Å². The predicted molar refractivity (Wildman–Crippen MR) is 19.9 cm³/mol. The Bertz CT molecular complexity index is 29.5. The van der Waals surface area contributed by atoms with Crippen molar-refractivity contribution in [3.63, 3.8) is 0 Å². The zero-order valence-corrected chi connectivity index (χ0v) is 7.67. The molecule has 0 N–H and O–H groups in total. The van der Waals surface area contributed by atoms with Crippen molar-refractivity contribution in [3.8, 4) is 0.164 Å². The molecule has 0 bridgehead atoms. The van der Waals surface area contributed by atoms with Gasteiger partial charge in [-0.25, -0.2) is 0 Å². The average Bonchev–Trinajstić information content (AvgIpc) is 0.918. The summed E-state index contributed by atoms with van der Waals surface area (Å²) in [5.41, 5.74) is 0. The maximum absolute atomic E-state index is 7.40. The molecule has 0 aromatic carbocycles. The Morgan fingerprint density at radius 3 is 1.75 bits per heavy atom.